The lowest BCUT2D eigenvalue weighted by Gasteiger charge is -2.06. The van der Waals surface area contributed by atoms with Crippen molar-refractivity contribution in [3.05, 3.63) is 16.8 Å². The second kappa shape index (κ2) is 4.81. The highest BCUT2D eigenvalue weighted by atomic mass is 32.2. The summed E-state index contributed by atoms with van der Waals surface area (Å²) in [7, 11) is -2.96. The molecule has 18 heavy (non-hydrogen) atoms. The minimum absolute atomic E-state index is 0.0979. The lowest BCUT2D eigenvalue weighted by Crippen LogP contribution is -2.15. The average Bonchev–Trinajstić information content (AvgIpc) is 2.54. The van der Waals surface area contributed by atoms with E-state index in [0.717, 1.165) is 15.8 Å². The Morgan fingerprint density at radius 2 is 2.06 bits per heavy atom. The third kappa shape index (κ3) is 2.78. The fourth-order valence-electron chi connectivity index (χ4n) is 1.67. The fraction of sp³-hybridized carbons (Fsp3) is 0.455. The number of nitrogens with zero attached hydrogens (tertiary/aromatic N) is 2. The van der Waals surface area contributed by atoms with Gasteiger partial charge in [0.1, 0.15) is 26.8 Å². The summed E-state index contributed by atoms with van der Waals surface area (Å²) in [6.07, 6.45) is 2.73. The van der Waals surface area contributed by atoms with E-state index in [1.165, 1.54) is 17.5 Å². The minimum Gasteiger partial charge on any atom is -0.368 e. The van der Waals surface area contributed by atoms with Crippen LogP contribution >= 0.6 is 11.3 Å². The molecule has 0 saturated carbocycles. The van der Waals surface area contributed by atoms with Gasteiger partial charge in [0.15, 0.2) is 0 Å². The maximum absolute atomic E-state index is 11.1. The Labute approximate surface area is 110 Å². The number of sulfone groups is 1. The van der Waals surface area contributed by atoms with Crippen LogP contribution in [0.4, 0.5) is 5.82 Å². The molecular formula is C11H15N3O2S2. The van der Waals surface area contributed by atoms with E-state index in [4.69, 9.17) is 0 Å². The molecule has 2 heterocycles. The monoisotopic (exact) mass is 285 g/mol. The first kappa shape index (κ1) is 13.2. The van der Waals surface area contributed by atoms with Gasteiger partial charge in [-0.1, -0.05) is 0 Å². The van der Waals surface area contributed by atoms with E-state index < -0.39 is 9.84 Å². The predicted molar refractivity (Wildman–Crippen MR) is 75.1 cm³/mol. The maximum Gasteiger partial charge on any atom is 0.149 e. The summed E-state index contributed by atoms with van der Waals surface area (Å²) in [5.74, 6) is 0.811. The van der Waals surface area contributed by atoms with Gasteiger partial charge in [-0.2, -0.15) is 0 Å². The summed E-state index contributed by atoms with van der Waals surface area (Å²) in [6, 6.07) is 0. The third-order valence-electron chi connectivity index (χ3n) is 2.73. The first-order valence-corrected chi connectivity index (χ1v) is 8.38. The number of anilines is 1. The Kier molecular flexibility index (Phi) is 3.54. The minimum atomic E-state index is -2.96. The van der Waals surface area contributed by atoms with Gasteiger partial charge < -0.3 is 5.32 Å². The zero-order valence-corrected chi connectivity index (χ0v) is 12.2. The molecule has 0 amide bonds. The van der Waals surface area contributed by atoms with Crippen molar-refractivity contribution in [2.45, 2.75) is 13.8 Å². The molecule has 1 N–H and O–H groups in total. The Bertz CT molecular complexity index is 677. The number of nitrogens with one attached hydrogen (secondary N) is 1. The summed E-state index contributed by atoms with van der Waals surface area (Å²) in [5, 5.41) is 4.07. The zero-order valence-electron chi connectivity index (χ0n) is 10.5. The van der Waals surface area contributed by atoms with Crippen molar-refractivity contribution in [2.24, 2.45) is 0 Å². The van der Waals surface area contributed by atoms with Crippen LogP contribution in [0.25, 0.3) is 10.2 Å². The molecule has 0 atom stereocenters. The van der Waals surface area contributed by atoms with Crippen molar-refractivity contribution in [1.29, 1.82) is 0 Å². The van der Waals surface area contributed by atoms with Crippen LogP contribution in [0.1, 0.15) is 10.4 Å². The highest BCUT2D eigenvalue weighted by molar-refractivity contribution is 7.90. The number of hydrogen-bond acceptors (Lipinski definition) is 6. The average molecular weight is 285 g/mol. The standard InChI is InChI=1S/C11H15N3O2S2/c1-7-8(2)17-11-9(7)10(13-6-14-11)12-4-5-18(3,15)16/h6H,4-5H2,1-3H3,(H,12,13,14). The molecule has 98 valence electrons. The molecule has 0 saturated heterocycles. The molecule has 0 aliphatic heterocycles. The smallest absolute Gasteiger partial charge is 0.149 e. The summed E-state index contributed by atoms with van der Waals surface area (Å²) in [6.45, 7) is 4.43. The topological polar surface area (TPSA) is 72.0 Å². The van der Waals surface area contributed by atoms with E-state index in [0.29, 0.717) is 12.4 Å². The second-order valence-corrected chi connectivity index (χ2v) is 7.71. The number of aryl methyl sites for hydroxylation is 2. The van der Waals surface area contributed by atoms with Gasteiger partial charge in [-0.05, 0) is 19.4 Å². The molecule has 7 heteroatoms. The van der Waals surface area contributed by atoms with Crippen LogP contribution in [-0.4, -0.2) is 36.9 Å². The SMILES string of the molecule is Cc1sc2ncnc(NCCS(C)(=O)=O)c2c1C. The molecular weight excluding hydrogens is 270 g/mol. The summed E-state index contributed by atoms with van der Waals surface area (Å²) < 4.78 is 22.2. The van der Waals surface area contributed by atoms with Gasteiger partial charge in [-0.25, -0.2) is 18.4 Å². The fourth-order valence-corrected chi connectivity index (χ4v) is 3.14. The lowest BCUT2D eigenvalue weighted by molar-refractivity contribution is 0.602. The first-order chi connectivity index (χ1) is 8.38. The van der Waals surface area contributed by atoms with Crippen molar-refractivity contribution in [1.82, 2.24) is 9.97 Å². The van der Waals surface area contributed by atoms with Crippen LogP contribution in [-0.2, 0) is 9.84 Å². The van der Waals surface area contributed by atoms with E-state index in [1.807, 2.05) is 13.8 Å². The van der Waals surface area contributed by atoms with Gasteiger partial charge in [0, 0.05) is 17.7 Å². The predicted octanol–water partition coefficient (Wildman–Crippen LogP) is 1.76. The molecule has 0 bridgehead atoms. The highest BCUT2D eigenvalue weighted by Crippen LogP contribution is 2.32. The van der Waals surface area contributed by atoms with Crippen molar-refractivity contribution in [3.8, 4) is 0 Å². The number of fused-ring (bicyclic) bond motifs is 1. The molecule has 0 fully saturated rings. The van der Waals surface area contributed by atoms with E-state index >= 15 is 0 Å². The molecule has 2 aromatic rings. The summed E-state index contributed by atoms with van der Waals surface area (Å²) in [5.41, 5.74) is 1.15. The largest absolute Gasteiger partial charge is 0.368 e. The van der Waals surface area contributed by atoms with Gasteiger partial charge in [-0.15, -0.1) is 11.3 Å². The Hall–Kier alpha value is -1.21. The van der Waals surface area contributed by atoms with Crippen LogP contribution in [0.15, 0.2) is 6.33 Å². The van der Waals surface area contributed by atoms with Crippen LogP contribution in [0.2, 0.25) is 0 Å². The lowest BCUT2D eigenvalue weighted by atomic mass is 10.2. The summed E-state index contributed by atoms with van der Waals surface area (Å²) >= 11 is 1.62. The van der Waals surface area contributed by atoms with Gasteiger partial charge in [0.2, 0.25) is 0 Å². The van der Waals surface area contributed by atoms with Gasteiger partial charge >= 0.3 is 0 Å². The second-order valence-electron chi connectivity index (χ2n) is 4.24. The summed E-state index contributed by atoms with van der Waals surface area (Å²) in [4.78, 5) is 10.6. The Morgan fingerprint density at radius 3 is 2.72 bits per heavy atom. The van der Waals surface area contributed by atoms with Crippen molar-refractivity contribution >= 4 is 37.2 Å². The highest BCUT2D eigenvalue weighted by Gasteiger charge is 2.12. The van der Waals surface area contributed by atoms with E-state index in [9.17, 15) is 8.42 Å². The first-order valence-electron chi connectivity index (χ1n) is 5.51. The molecule has 2 aromatic heterocycles. The molecule has 0 aliphatic carbocycles. The van der Waals surface area contributed by atoms with Crippen LogP contribution in [0, 0.1) is 13.8 Å². The molecule has 0 aromatic carbocycles. The molecule has 0 radical (unpaired) electrons. The van der Waals surface area contributed by atoms with Crippen molar-refractivity contribution in [2.75, 3.05) is 23.9 Å². The molecule has 0 spiro atoms. The van der Waals surface area contributed by atoms with Crippen LogP contribution in [0.3, 0.4) is 0 Å². The van der Waals surface area contributed by atoms with Gasteiger partial charge in [-0.3, -0.25) is 0 Å². The Balaban J connectivity index is 2.28. The normalized spacial score (nSPS) is 11.9. The number of hydrogen-bond donors (Lipinski definition) is 1. The van der Waals surface area contributed by atoms with Gasteiger partial charge in [0.05, 0.1) is 11.1 Å². The third-order valence-corrected chi connectivity index (χ3v) is 4.79. The zero-order chi connectivity index (χ0) is 13.3. The number of aromatic nitrogens is 2. The number of thiophene rings is 1. The van der Waals surface area contributed by atoms with Crippen LogP contribution in [0.5, 0.6) is 0 Å². The van der Waals surface area contributed by atoms with E-state index in [1.54, 1.807) is 11.3 Å². The van der Waals surface area contributed by atoms with Crippen molar-refractivity contribution in [3.63, 3.8) is 0 Å². The quantitative estimate of drug-likeness (QED) is 0.927. The van der Waals surface area contributed by atoms with E-state index in [2.05, 4.69) is 15.3 Å². The molecule has 2 rings (SSSR count). The van der Waals surface area contributed by atoms with Crippen molar-refractivity contribution < 1.29 is 8.42 Å². The molecule has 5 nitrogen and oxygen atoms in total. The number of rotatable bonds is 4. The van der Waals surface area contributed by atoms with Gasteiger partial charge in [0.25, 0.3) is 0 Å². The maximum atomic E-state index is 11.1. The van der Waals surface area contributed by atoms with Crippen LogP contribution < -0.4 is 5.32 Å². The Morgan fingerprint density at radius 1 is 1.33 bits per heavy atom. The molecule has 0 unspecified atom stereocenters. The molecule has 0 aliphatic rings. The van der Waals surface area contributed by atoms with E-state index in [-0.39, 0.29) is 5.75 Å².